The average Bonchev–Trinajstić information content (AvgIpc) is 2.79. The lowest BCUT2D eigenvalue weighted by Crippen LogP contribution is -2.21. The maximum atomic E-state index is 12.6. The number of halogens is 3. The molecule has 0 amide bonds. The monoisotopic (exact) mass is 332 g/mol. The first kappa shape index (κ1) is 14.4. The molecule has 24 heavy (non-hydrogen) atoms. The van der Waals surface area contributed by atoms with Crippen molar-refractivity contribution in [1.29, 1.82) is 5.41 Å². The molecule has 0 aliphatic carbocycles. The van der Waals surface area contributed by atoms with Gasteiger partial charge in [0.25, 0.3) is 5.56 Å². The molecule has 3 heterocycles. The topological polar surface area (TPSA) is 80.9 Å². The molecule has 0 spiro atoms. The van der Waals surface area contributed by atoms with Gasteiger partial charge in [-0.1, -0.05) is 0 Å². The van der Waals surface area contributed by atoms with E-state index in [0.29, 0.717) is 0 Å². The van der Waals surface area contributed by atoms with Crippen LogP contribution in [-0.2, 0) is 0 Å². The maximum absolute atomic E-state index is 12.6. The minimum Gasteiger partial charge on any atom is -0.406 e. The van der Waals surface area contributed by atoms with Crippen molar-refractivity contribution in [3.63, 3.8) is 0 Å². The molecule has 6 nitrogen and oxygen atoms in total. The summed E-state index contributed by atoms with van der Waals surface area (Å²) in [5.41, 5.74) is 0.000807. The first-order valence-electron chi connectivity index (χ1n) is 6.72. The Labute approximate surface area is 131 Å². The quantitative estimate of drug-likeness (QED) is 0.580. The number of nitrogens with one attached hydrogen (secondary N) is 1. The number of ether oxygens (including phenoxy) is 1. The van der Waals surface area contributed by atoms with Crippen molar-refractivity contribution in [3.05, 3.63) is 58.3 Å². The van der Waals surface area contributed by atoms with Gasteiger partial charge in [0, 0.05) is 11.8 Å². The molecule has 0 saturated heterocycles. The minimum atomic E-state index is -4.84. The van der Waals surface area contributed by atoms with Gasteiger partial charge in [0.15, 0.2) is 11.5 Å². The largest absolute Gasteiger partial charge is 0.573 e. The van der Waals surface area contributed by atoms with E-state index in [4.69, 9.17) is 5.41 Å². The molecule has 0 radical (unpaired) electrons. The van der Waals surface area contributed by atoms with E-state index in [1.165, 1.54) is 16.8 Å². The van der Waals surface area contributed by atoms with Crippen molar-refractivity contribution >= 4 is 16.7 Å². The number of aromatic nitrogens is 3. The highest BCUT2D eigenvalue weighted by molar-refractivity contribution is 6.15. The SMILES string of the molecule is N=C1c2cc(OC(F)(F)F)ccc2-n2c1nc1ncccc1c2=O. The van der Waals surface area contributed by atoms with Gasteiger partial charge in [-0.3, -0.25) is 14.8 Å². The smallest absolute Gasteiger partial charge is 0.406 e. The Hall–Kier alpha value is -3.23. The molecule has 1 aliphatic rings. The van der Waals surface area contributed by atoms with Crippen molar-refractivity contribution in [2.45, 2.75) is 6.36 Å². The van der Waals surface area contributed by atoms with Crippen LogP contribution >= 0.6 is 0 Å². The van der Waals surface area contributed by atoms with Gasteiger partial charge in [-0.05, 0) is 30.3 Å². The summed E-state index contributed by atoms with van der Waals surface area (Å²) in [4.78, 5) is 20.8. The van der Waals surface area contributed by atoms with Gasteiger partial charge in [0.05, 0.1) is 11.1 Å². The zero-order valence-corrected chi connectivity index (χ0v) is 11.8. The van der Waals surface area contributed by atoms with E-state index in [1.807, 2.05) is 0 Å². The molecule has 1 aliphatic heterocycles. The van der Waals surface area contributed by atoms with Crippen molar-refractivity contribution in [2.75, 3.05) is 0 Å². The molecule has 1 aromatic carbocycles. The first-order chi connectivity index (χ1) is 11.3. The number of nitrogens with zero attached hydrogens (tertiary/aromatic N) is 3. The van der Waals surface area contributed by atoms with E-state index in [0.717, 1.165) is 12.1 Å². The molecule has 0 fully saturated rings. The van der Waals surface area contributed by atoms with Crippen LogP contribution < -0.4 is 10.3 Å². The Kier molecular flexibility index (Phi) is 2.77. The van der Waals surface area contributed by atoms with Crippen LogP contribution in [0.5, 0.6) is 5.75 Å². The maximum Gasteiger partial charge on any atom is 0.573 e. The number of benzene rings is 1. The van der Waals surface area contributed by atoms with Gasteiger partial charge < -0.3 is 4.74 Å². The summed E-state index contributed by atoms with van der Waals surface area (Å²) in [5.74, 6) is -0.431. The van der Waals surface area contributed by atoms with E-state index >= 15 is 0 Å². The highest BCUT2D eigenvalue weighted by atomic mass is 19.4. The van der Waals surface area contributed by atoms with E-state index < -0.39 is 17.7 Å². The summed E-state index contributed by atoms with van der Waals surface area (Å²) >= 11 is 0. The van der Waals surface area contributed by atoms with E-state index in [-0.39, 0.29) is 33.8 Å². The lowest BCUT2D eigenvalue weighted by atomic mass is 10.1. The fourth-order valence-corrected chi connectivity index (χ4v) is 2.64. The molecule has 4 rings (SSSR count). The van der Waals surface area contributed by atoms with Crippen molar-refractivity contribution in [2.24, 2.45) is 0 Å². The Balaban J connectivity index is 1.95. The van der Waals surface area contributed by atoms with Crippen LogP contribution in [0, 0.1) is 5.41 Å². The lowest BCUT2D eigenvalue weighted by molar-refractivity contribution is -0.274. The van der Waals surface area contributed by atoms with Gasteiger partial charge in [-0.15, -0.1) is 13.2 Å². The molecule has 120 valence electrons. The highest BCUT2D eigenvalue weighted by Gasteiger charge is 2.33. The Morgan fingerprint density at radius 1 is 1.21 bits per heavy atom. The standard InChI is InChI=1S/C15H7F3N4O2/c16-15(17,18)24-7-3-4-10-9(6-7)11(19)13-21-12-8(2-1-5-20-12)14(23)22(10)13/h1-6,19H. The number of hydrogen-bond donors (Lipinski definition) is 1. The van der Waals surface area contributed by atoms with Gasteiger partial charge in [-0.2, -0.15) is 0 Å². The number of hydrogen-bond acceptors (Lipinski definition) is 5. The molecule has 1 N–H and O–H groups in total. The van der Waals surface area contributed by atoms with Crippen molar-refractivity contribution in [1.82, 2.24) is 14.5 Å². The van der Waals surface area contributed by atoms with Crippen LogP contribution in [0.25, 0.3) is 16.7 Å². The Bertz CT molecular complexity index is 1070. The van der Waals surface area contributed by atoms with Gasteiger partial charge in [0.1, 0.15) is 11.5 Å². The summed E-state index contributed by atoms with van der Waals surface area (Å²) in [7, 11) is 0. The van der Waals surface area contributed by atoms with E-state index in [9.17, 15) is 18.0 Å². The second-order valence-corrected chi connectivity index (χ2v) is 5.05. The molecule has 0 atom stereocenters. The number of fused-ring (bicyclic) bond motifs is 4. The molecule has 2 aromatic heterocycles. The fourth-order valence-electron chi connectivity index (χ4n) is 2.64. The minimum absolute atomic E-state index is 0.0327. The number of rotatable bonds is 1. The van der Waals surface area contributed by atoms with Crippen LogP contribution in [0.2, 0.25) is 0 Å². The predicted molar refractivity (Wildman–Crippen MR) is 77.7 cm³/mol. The average molecular weight is 332 g/mol. The fraction of sp³-hybridized carbons (Fsp3) is 0.0667. The molecular formula is C15H7F3N4O2. The summed E-state index contributed by atoms with van der Waals surface area (Å²) in [6, 6.07) is 6.59. The second-order valence-electron chi connectivity index (χ2n) is 5.05. The Morgan fingerprint density at radius 3 is 2.75 bits per heavy atom. The summed E-state index contributed by atoms with van der Waals surface area (Å²) < 4.78 is 42.1. The van der Waals surface area contributed by atoms with Crippen LogP contribution in [0.1, 0.15) is 11.4 Å². The molecule has 9 heteroatoms. The molecular weight excluding hydrogens is 325 g/mol. The zero-order valence-electron chi connectivity index (χ0n) is 11.8. The van der Waals surface area contributed by atoms with Gasteiger partial charge >= 0.3 is 6.36 Å². The molecule has 0 unspecified atom stereocenters. The van der Waals surface area contributed by atoms with Crippen LogP contribution in [0.15, 0.2) is 41.3 Å². The molecule has 0 saturated carbocycles. The van der Waals surface area contributed by atoms with E-state index in [1.54, 1.807) is 12.1 Å². The van der Waals surface area contributed by atoms with Crippen LogP contribution in [0.4, 0.5) is 13.2 Å². The van der Waals surface area contributed by atoms with Crippen molar-refractivity contribution in [3.8, 4) is 11.4 Å². The van der Waals surface area contributed by atoms with Crippen LogP contribution in [-0.4, -0.2) is 26.6 Å². The zero-order chi connectivity index (χ0) is 17.1. The molecule has 3 aromatic rings. The molecule has 0 bridgehead atoms. The summed E-state index contributed by atoms with van der Waals surface area (Å²) in [6.07, 6.45) is -3.37. The third-order valence-electron chi connectivity index (χ3n) is 3.58. The predicted octanol–water partition coefficient (Wildman–Crippen LogP) is 2.41. The third kappa shape index (κ3) is 2.05. The van der Waals surface area contributed by atoms with Gasteiger partial charge in [0.2, 0.25) is 0 Å². The summed E-state index contributed by atoms with van der Waals surface area (Å²) in [6.45, 7) is 0. The number of alkyl halides is 3. The van der Waals surface area contributed by atoms with E-state index in [2.05, 4.69) is 14.7 Å². The van der Waals surface area contributed by atoms with Crippen molar-refractivity contribution < 1.29 is 17.9 Å². The van der Waals surface area contributed by atoms with Crippen LogP contribution in [0.3, 0.4) is 0 Å². The normalized spacial score (nSPS) is 13.0. The summed E-state index contributed by atoms with van der Waals surface area (Å²) in [5, 5.41) is 8.39. The number of pyridine rings is 1. The second kappa shape index (κ2) is 4.63. The van der Waals surface area contributed by atoms with Gasteiger partial charge in [-0.25, -0.2) is 9.97 Å². The lowest BCUT2D eigenvalue weighted by Gasteiger charge is -2.10. The third-order valence-corrected chi connectivity index (χ3v) is 3.58. The highest BCUT2D eigenvalue weighted by Crippen LogP contribution is 2.31. The Morgan fingerprint density at radius 2 is 2.00 bits per heavy atom. The first-order valence-corrected chi connectivity index (χ1v) is 6.72.